The van der Waals surface area contributed by atoms with Crippen LogP contribution in [0.2, 0.25) is 0 Å². The van der Waals surface area contributed by atoms with E-state index in [0.29, 0.717) is 11.1 Å². The SMILES string of the molecule is COCO[C@H](CNC(=O)c1ccc(-c2cc3ccccc3o2)cc1)CC(=O)O.O=C(O)/C=C/CNC(=O)c1ccc(-c2cc3ccccc3o2)cc1. The topological polar surface area (TPSA) is 178 Å². The first-order chi connectivity index (χ1) is 25.2. The summed E-state index contributed by atoms with van der Waals surface area (Å²) < 4.78 is 21.7. The Labute approximate surface area is 298 Å². The van der Waals surface area contributed by atoms with Gasteiger partial charge in [-0.2, -0.15) is 0 Å². The highest BCUT2D eigenvalue weighted by molar-refractivity contribution is 5.95. The third-order valence-electron chi connectivity index (χ3n) is 7.67. The Bertz CT molecular complexity index is 2100. The number of rotatable bonds is 14. The van der Waals surface area contributed by atoms with Crippen LogP contribution in [0.15, 0.2) is 130 Å². The van der Waals surface area contributed by atoms with Crippen LogP contribution in [0.1, 0.15) is 27.1 Å². The Morgan fingerprint density at radius 2 is 1.21 bits per heavy atom. The number of benzene rings is 4. The summed E-state index contributed by atoms with van der Waals surface area (Å²) in [6.45, 7) is 0.191. The maximum absolute atomic E-state index is 12.3. The molecule has 0 bridgehead atoms. The van der Waals surface area contributed by atoms with E-state index in [4.69, 9.17) is 28.5 Å². The Kier molecular flexibility index (Phi) is 12.7. The second-order valence-corrected chi connectivity index (χ2v) is 11.4. The lowest BCUT2D eigenvalue weighted by atomic mass is 10.1. The molecule has 266 valence electrons. The van der Waals surface area contributed by atoms with Gasteiger partial charge in [-0.1, -0.05) is 66.7 Å². The lowest BCUT2D eigenvalue weighted by molar-refractivity contribution is -0.143. The van der Waals surface area contributed by atoms with E-state index in [9.17, 15) is 19.2 Å². The smallest absolute Gasteiger partial charge is 0.328 e. The van der Waals surface area contributed by atoms with Gasteiger partial charge in [-0.25, -0.2) is 4.79 Å². The number of aliphatic carboxylic acids is 2. The highest BCUT2D eigenvalue weighted by Crippen LogP contribution is 2.29. The number of hydrogen-bond donors (Lipinski definition) is 4. The summed E-state index contributed by atoms with van der Waals surface area (Å²) in [6.07, 6.45) is 1.47. The van der Waals surface area contributed by atoms with E-state index >= 15 is 0 Å². The van der Waals surface area contributed by atoms with Gasteiger partial charge in [-0.05, 0) is 48.5 Å². The molecule has 0 aliphatic carbocycles. The quantitative estimate of drug-likeness (QED) is 0.0699. The number of nitrogens with one attached hydrogen (secondary N) is 2. The van der Waals surface area contributed by atoms with Crippen molar-refractivity contribution in [2.45, 2.75) is 12.5 Å². The highest BCUT2D eigenvalue weighted by atomic mass is 16.7. The molecule has 0 unspecified atom stereocenters. The monoisotopic (exact) mass is 704 g/mol. The summed E-state index contributed by atoms with van der Waals surface area (Å²) in [7, 11) is 1.44. The van der Waals surface area contributed by atoms with Gasteiger partial charge in [0.15, 0.2) is 0 Å². The molecule has 12 nitrogen and oxygen atoms in total. The molecule has 0 spiro atoms. The largest absolute Gasteiger partial charge is 0.481 e. The predicted molar refractivity (Wildman–Crippen MR) is 194 cm³/mol. The Morgan fingerprint density at radius 3 is 1.67 bits per heavy atom. The number of ether oxygens (including phenoxy) is 2. The number of para-hydroxylation sites is 2. The van der Waals surface area contributed by atoms with Crippen LogP contribution in [0.25, 0.3) is 44.6 Å². The number of fused-ring (bicyclic) bond motifs is 2. The fourth-order valence-electron chi connectivity index (χ4n) is 5.09. The van der Waals surface area contributed by atoms with Gasteiger partial charge in [0.25, 0.3) is 11.8 Å². The maximum Gasteiger partial charge on any atom is 0.328 e. The van der Waals surface area contributed by atoms with E-state index in [-0.39, 0.29) is 38.1 Å². The van der Waals surface area contributed by atoms with Crippen LogP contribution >= 0.6 is 0 Å². The van der Waals surface area contributed by atoms with E-state index in [1.54, 1.807) is 24.3 Å². The molecule has 4 aromatic carbocycles. The molecule has 2 amide bonds. The highest BCUT2D eigenvalue weighted by Gasteiger charge is 2.16. The maximum atomic E-state index is 12.3. The summed E-state index contributed by atoms with van der Waals surface area (Å²) in [6, 6.07) is 33.5. The molecule has 0 aliphatic rings. The minimum Gasteiger partial charge on any atom is -0.481 e. The fraction of sp³-hybridized carbons (Fsp3) is 0.150. The summed E-state index contributed by atoms with van der Waals surface area (Å²) >= 11 is 0. The van der Waals surface area contributed by atoms with Gasteiger partial charge in [0.1, 0.15) is 29.5 Å². The average molecular weight is 705 g/mol. The zero-order valence-electron chi connectivity index (χ0n) is 28.1. The molecule has 0 saturated heterocycles. The van der Waals surface area contributed by atoms with Crippen molar-refractivity contribution in [3.63, 3.8) is 0 Å². The third-order valence-corrected chi connectivity index (χ3v) is 7.67. The van der Waals surface area contributed by atoms with Gasteiger partial charge in [0, 0.05) is 59.3 Å². The number of carboxylic acids is 2. The van der Waals surface area contributed by atoms with E-state index in [1.807, 2.05) is 84.9 Å². The van der Waals surface area contributed by atoms with E-state index in [0.717, 1.165) is 50.7 Å². The molecule has 0 aliphatic heterocycles. The molecule has 6 aromatic rings. The number of amides is 2. The van der Waals surface area contributed by atoms with Crippen LogP contribution in [-0.4, -0.2) is 67.1 Å². The van der Waals surface area contributed by atoms with Crippen LogP contribution in [0, 0.1) is 0 Å². The summed E-state index contributed by atoms with van der Waals surface area (Å²) in [4.78, 5) is 45.5. The van der Waals surface area contributed by atoms with Gasteiger partial charge in [-0.3, -0.25) is 14.4 Å². The van der Waals surface area contributed by atoms with Crippen LogP contribution in [0.5, 0.6) is 0 Å². The third kappa shape index (κ3) is 10.3. The van der Waals surface area contributed by atoms with Gasteiger partial charge < -0.3 is 39.2 Å². The summed E-state index contributed by atoms with van der Waals surface area (Å²) in [5.74, 6) is -1.16. The van der Waals surface area contributed by atoms with Gasteiger partial charge in [-0.15, -0.1) is 0 Å². The zero-order chi connectivity index (χ0) is 36.9. The average Bonchev–Trinajstić information content (AvgIpc) is 3.79. The standard InChI is InChI=1S/C21H21NO6.C19H15NO4/c1-26-13-27-17(11-20(23)24)12-22-21(25)15-8-6-14(7-9-15)19-10-16-4-2-3-5-18(16)28-19;21-18(22)6-3-11-20-19(23)14-9-7-13(8-10-14)17-12-15-4-1-2-5-16(15)24-17/h2-10,17H,11-13H2,1H3,(H,22,25)(H,23,24);1-10,12H,11H2,(H,20,23)(H,21,22)/b;6-3+/t17-;/m0./s1. The second-order valence-electron chi connectivity index (χ2n) is 11.4. The van der Waals surface area contributed by atoms with Crippen molar-refractivity contribution in [3.8, 4) is 22.6 Å². The first kappa shape index (κ1) is 36.8. The van der Waals surface area contributed by atoms with E-state index < -0.39 is 18.0 Å². The predicted octanol–water partition coefficient (Wildman–Crippen LogP) is 6.76. The van der Waals surface area contributed by atoms with Crippen LogP contribution in [0.3, 0.4) is 0 Å². The number of hydrogen-bond acceptors (Lipinski definition) is 8. The molecular weight excluding hydrogens is 668 g/mol. The van der Waals surface area contributed by atoms with Gasteiger partial charge in [0.05, 0.1) is 12.5 Å². The number of carbonyl (C=O) groups excluding carboxylic acids is 2. The first-order valence-corrected chi connectivity index (χ1v) is 16.2. The first-order valence-electron chi connectivity index (χ1n) is 16.2. The van der Waals surface area contributed by atoms with Crippen molar-refractivity contribution in [3.05, 3.63) is 132 Å². The molecule has 4 N–H and O–H groups in total. The lowest BCUT2D eigenvalue weighted by Gasteiger charge is -2.16. The van der Waals surface area contributed by atoms with E-state index in [1.165, 1.54) is 13.2 Å². The minimum atomic E-state index is -1.04. The number of carbonyl (C=O) groups is 4. The fourth-order valence-corrected chi connectivity index (χ4v) is 5.09. The molecule has 0 fully saturated rings. The van der Waals surface area contributed by atoms with E-state index in [2.05, 4.69) is 10.6 Å². The van der Waals surface area contributed by atoms with Crippen LogP contribution in [-0.2, 0) is 19.1 Å². The van der Waals surface area contributed by atoms with Gasteiger partial charge >= 0.3 is 11.9 Å². The Hall–Kier alpha value is -6.50. The van der Waals surface area contributed by atoms with Crippen LogP contribution in [0.4, 0.5) is 0 Å². The van der Waals surface area contributed by atoms with Crippen molar-refractivity contribution in [1.82, 2.24) is 10.6 Å². The van der Waals surface area contributed by atoms with Crippen molar-refractivity contribution < 1.29 is 47.7 Å². The number of furan rings is 2. The minimum absolute atomic E-state index is 0.0417. The molecule has 12 heteroatoms. The molecule has 6 rings (SSSR count). The summed E-state index contributed by atoms with van der Waals surface area (Å²) in [5.41, 5.74) is 4.33. The normalized spacial score (nSPS) is 11.6. The Balaban J connectivity index is 0.000000203. The molecule has 52 heavy (non-hydrogen) atoms. The molecule has 0 saturated carbocycles. The van der Waals surface area contributed by atoms with Gasteiger partial charge in [0.2, 0.25) is 0 Å². The second kappa shape index (κ2) is 17.9. The summed E-state index contributed by atoms with van der Waals surface area (Å²) in [5, 5.41) is 24.7. The molecule has 2 heterocycles. The molecule has 0 radical (unpaired) electrons. The number of methoxy groups -OCH3 is 1. The zero-order valence-corrected chi connectivity index (χ0v) is 28.1. The molecule has 2 aromatic heterocycles. The van der Waals surface area contributed by atoms with Crippen LogP contribution < -0.4 is 10.6 Å². The lowest BCUT2D eigenvalue weighted by Crippen LogP contribution is -2.35. The van der Waals surface area contributed by atoms with Crippen molar-refractivity contribution >= 4 is 45.7 Å². The van der Waals surface area contributed by atoms with Crippen molar-refractivity contribution in [2.75, 3.05) is 27.0 Å². The molecule has 1 atom stereocenters. The molecular formula is C40H36N2O10. The van der Waals surface area contributed by atoms with Crippen molar-refractivity contribution in [1.29, 1.82) is 0 Å². The Morgan fingerprint density at radius 1 is 0.712 bits per heavy atom. The van der Waals surface area contributed by atoms with Crippen molar-refractivity contribution in [2.24, 2.45) is 0 Å². The number of carboxylic acid groups (broad SMARTS) is 2.